The van der Waals surface area contributed by atoms with E-state index in [1.165, 1.54) is 6.42 Å². The summed E-state index contributed by atoms with van der Waals surface area (Å²) in [4.78, 5) is 0. The summed E-state index contributed by atoms with van der Waals surface area (Å²) in [5, 5.41) is 12.0. The smallest absolute Gasteiger partial charge is 0.114 e. The first-order valence-electron chi connectivity index (χ1n) is 5.31. The Morgan fingerprint density at radius 3 is 2.38 bits per heavy atom. The lowest BCUT2D eigenvalue weighted by atomic mass is 9.83. The van der Waals surface area contributed by atoms with Crippen molar-refractivity contribution in [2.45, 2.75) is 58.0 Å². The topological polar surface area (TPSA) is 19.9 Å². The molecule has 0 aromatic heterocycles. The number of rotatable bonds is 1. The van der Waals surface area contributed by atoms with Gasteiger partial charge in [-0.05, 0) is 12.8 Å². The Balaban J connectivity index is 2.38. The minimum absolute atomic E-state index is 0.396. The molecule has 0 amide bonds. The standard InChI is InChI=1S/C12H19O/c1-11(2)7-6-10-12(13)8-4-3-5-9-12/h11H,3-5,8-10H2,1-2H3. The van der Waals surface area contributed by atoms with Crippen LogP contribution in [0.1, 0.15) is 52.4 Å². The summed E-state index contributed by atoms with van der Waals surface area (Å²) in [6.07, 6.45) is 5.67. The van der Waals surface area contributed by atoms with Gasteiger partial charge in [0.25, 0.3) is 0 Å². The van der Waals surface area contributed by atoms with E-state index < -0.39 is 5.60 Å². The van der Waals surface area contributed by atoms with Crippen LogP contribution in [0.3, 0.4) is 0 Å². The number of hydrogen-bond donors (Lipinski definition) is 0. The Labute approximate surface area is 81.5 Å². The van der Waals surface area contributed by atoms with Crippen molar-refractivity contribution < 1.29 is 5.11 Å². The van der Waals surface area contributed by atoms with Gasteiger partial charge in [0.2, 0.25) is 0 Å². The minimum atomic E-state index is -0.708. The van der Waals surface area contributed by atoms with Gasteiger partial charge < -0.3 is 0 Å². The van der Waals surface area contributed by atoms with Crippen molar-refractivity contribution in [2.24, 2.45) is 5.92 Å². The van der Waals surface area contributed by atoms with Crippen molar-refractivity contribution >= 4 is 0 Å². The highest BCUT2D eigenvalue weighted by Crippen LogP contribution is 2.30. The third-order valence-electron chi connectivity index (χ3n) is 2.57. The molecule has 0 N–H and O–H groups in total. The molecule has 1 rings (SSSR count). The molecule has 1 radical (unpaired) electrons. The zero-order chi connectivity index (χ0) is 9.73. The fourth-order valence-corrected chi connectivity index (χ4v) is 1.79. The Morgan fingerprint density at radius 2 is 1.85 bits per heavy atom. The van der Waals surface area contributed by atoms with Gasteiger partial charge in [-0.2, -0.15) is 0 Å². The first-order chi connectivity index (χ1) is 6.12. The van der Waals surface area contributed by atoms with Crippen LogP contribution in [0.5, 0.6) is 0 Å². The van der Waals surface area contributed by atoms with Gasteiger partial charge in [-0.3, -0.25) is 0 Å². The predicted molar refractivity (Wildman–Crippen MR) is 53.7 cm³/mol. The Morgan fingerprint density at radius 1 is 1.23 bits per heavy atom. The van der Waals surface area contributed by atoms with Gasteiger partial charge in [-0.1, -0.05) is 39.0 Å². The predicted octanol–water partition coefficient (Wildman–Crippen LogP) is 3.17. The molecule has 1 heteroatoms. The Bertz CT molecular complexity index is 201. The summed E-state index contributed by atoms with van der Waals surface area (Å²) in [5.41, 5.74) is -0.708. The van der Waals surface area contributed by atoms with Crippen LogP contribution in [0, 0.1) is 17.8 Å². The van der Waals surface area contributed by atoms with E-state index in [4.69, 9.17) is 0 Å². The molecule has 1 nitrogen and oxygen atoms in total. The van der Waals surface area contributed by atoms with Gasteiger partial charge in [0.05, 0.1) is 0 Å². The molecule has 0 atom stereocenters. The first kappa shape index (κ1) is 10.6. The van der Waals surface area contributed by atoms with Gasteiger partial charge in [-0.25, -0.2) is 5.11 Å². The van der Waals surface area contributed by atoms with E-state index >= 15 is 0 Å². The summed E-state index contributed by atoms with van der Waals surface area (Å²) >= 11 is 0. The molecule has 0 saturated heterocycles. The maximum Gasteiger partial charge on any atom is 0.114 e. The van der Waals surface area contributed by atoms with E-state index in [0.717, 1.165) is 25.7 Å². The minimum Gasteiger partial charge on any atom is -0.228 e. The van der Waals surface area contributed by atoms with Crippen molar-refractivity contribution in [1.82, 2.24) is 0 Å². The highest BCUT2D eigenvalue weighted by Gasteiger charge is 2.30. The average Bonchev–Trinajstić information content (AvgIpc) is 2.04. The third-order valence-corrected chi connectivity index (χ3v) is 2.57. The third kappa shape index (κ3) is 3.83. The van der Waals surface area contributed by atoms with Gasteiger partial charge in [0.1, 0.15) is 5.60 Å². The lowest BCUT2D eigenvalue weighted by molar-refractivity contribution is -0.0539. The maximum absolute atomic E-state index is 12.0. The molecule has 0 bridgehead atoms. The van der Waals surface area contributed by atoms with Crippen LogP contribution in [-0.2, 0) is 5.11 Å². The van der Waals surface area contributed by atoms with Crippen LogP contribution < -0.4 is 0 Å². The van der Waals surface area contributed by atoms with Gasteiger partial charge in [-0.15, -0.1) is 5.92 Å². The van der Waals surface area contributed by atoms with Gasteiger partial charge in [0.15, 0.2) is 0 Å². The molecule has 0 aromatic carbocycles. The molecule has 1 aliphatic rings. The quantitative estimate of drug-likeness (QED) is 0.551. The second-order valence-electron chi connectivity index (χ2n) is 4.40. The molecule has 13 heavy (non-hydrogen) atoms. The Kier molecular flexibility index (Phi) is 3.81. The van der Waals surface area contributed by atoms with Crippen LogP contribution >= 0.6 is 0 Å². The lowest BCUT2D eigenvalue weighted by Gasteiger charge is -2.27. The molecule has 1 saturated carbocycles. The van der Waals surface area contributed by atoms with Gasteiger partial charge >= 0.3 is 0 Å². The van der Waals surface area contributed by atoms with Crippen molar-refractivity contribution in [3.63, 3.8) is 0 Å². The molecule has 0 aliphatic heterocycles. The van der Waals surface area contributed by atoms with E-state index in [0.29, 0.717) is 12.3 Å². The molecule has 1 aliphatic carbocycles. The number of hydrogen-bond acceptors (Lipinski definition) is 0. The lowest BCUT2D eigenvalue weighted by Crippen LogP contribution is -2.28. The average molecular weight is 179 g/mol. The molecule has 73 valence electrons. The van der Waals surface area contributed by atoms with E-state index in [2.05, 4.69) is 25.7 Å². The molecule has 0 unspecified atom stereocenters. The highest BCUT2D eigenvalue weighted by molar-refractivity contribution is 5.05. The van der Waals surface area contributed by atoms with E-state index in [-0.39, 0.29) is 0 Å². The normalized spacial score (nSPS) is 20.9. The second-order valence-corrected chi connectivity index (χ2v) is 4.40. The van der Waals surface area contributed by atoms with Crippen molar-refractivity contribution in [2.75, 3.05) is 0 Å². The van der Waals surface area contributed by atoms with E-state index in [1.54, 1.807) is 0 Å². The largest absolute Gasteiger partial charge is 0.228 e. The van der Waals surface area contributed by atoms with Gasteiger partial charge in [0, 0.05) is 12.3 Å². The summed E-state index contributed by atoms with van der Waals surface area (Å²) < 4.78 is 0. The second kappa shape index (κ2) is 4.67. The van der Waals surface area contributed by atoms with Crippen molar-refractivity contribution in [3.8, 4) is 11.8 Å². The van der Waals surface area contributed by atoms with Crippen LogP contribution in [0.25, 0.3) is 0 Å². The van der Waals surface area contributed by atoms with E-state index in [1.807, 2.05) is 0 Å². The van der Waals surface area contributed by atoms with Crippen LogP contribution in [-0.4, -0.2) is 5.60 Å². The first-order valence-corrected chi connectivity index (χ1v) is 5.31. The zero-order valence-electron chi connectivity index (χ0n) is 8.73. The molecular formula is C12H19O. The monoisotopic (exact) mass is 179 g/mol. The Hall–Kier alpha value is -0.480. The molecular weight excluding hydrogens is 160 g/mol. The zero-order valence-corrected chi connectivity index (χ0v) is 8.73. The fraction of sp³-hybridized carbons (Fsp3) is 0.833. The SMILES string of the molecule is CC(C)C#CCC1([O])CCCCC1. The molecule has 0 aromatic rings. The van der Waals surface area contributed by atoms with Crippen LogP contribution in [0.2, 0.25) is 0 Å². The van der Waals surface area contributed by atoms with Crippen LogP contribution in [0.15, 0.2) is 0 Å². The molecule has 0 heterocycles. The molecule has 1 fully saturated rings. The van der Waals surface area contributed by atoms with Crippen molar-refractivity contribution in [3.05, 3.63) is 0 Å². The summed E-state index contributed by atoms with van der Waals surface area (Å²) in [6, 6.07) is 0. The van der Waals surface area contributed by atoms with Crippen molar-refractivity contribution in [1.29, 1.82) is 0 Å². The summed E-state index contributed by atoms with van der Waals surface area (Å²) in [6.45, 7) is 4.12. The maximum atomic E-state index is 12.0. The highest BCUT2D eigenvalue weighted by atomic mass is 16.3. The fourth-order valence-electron chi connectivity index (χ4n) is 1.79. The summed E-state index contributed by atoms with van der Waals surface area (Å²) in [5.74, 6) is 6.50. The van der Waals surface area contributed by atoms with E-state index in [9.17, 15) is 5.11 Å². The van der Waals surface area contributed by atoms with Crippen LogP contribution in [0.4, 0.5) is 0 Å². The summed E-state index contributed by atoms with van der Waals surface area (Å²) in [7, 11) is 0. The molecule has 0 spiro atoms.